The maximum atomic E-state index is 5.82. The molecule has 0 aliphatic carbocycles. The molecule has 0 atom stereocenters. The minimum Gasteiger partial charge on any atom is -0.493 e. The molecular formula is C15H24N2O2. The summed E-state index contributed by atoms with van der Waals surface area (Å²) in [6, 6.07) is 5.87. The zero-order valence-corrected chi connectivity index (χ0v) is 11.7. The number of likely N-dealkylation sites (tertiary alicyclic amines) is 1. The van der Waals surface area contributed by atoms with Gasteiger partial charge in [0.1, 0.15) is 6.61 Å². The third kappa shape index (κ3) is 4.11. The lowest BCUT2D eigenvalue weighted by atomic mass is 10.1. The summed E-state index contributed by atoms with van der Waals surface area (Å²) in [6.45, 7) is 4.61. The van der Waals surface area contributed by atoms with Gasteiger partial charge >= 0.3 is 0 Å². The van der Waals surface area contributed by atoms with Crippen LogP contribution in [0, 0.1) is 0 Å². The van der Waals surface area contributed by atoms with Gasteiger partial charge in [0.05, 0.1) is 7.11 Å². The van der Waals surface area contributed by atoms with E-state index < -0.39 is 0 Å². The number of piperidine rings is 1. The predicted molar refractivity (Wildman–Crippen MR) is 76.7 cm³/mol. The molecule has 1 aliphatic rings. The summed E-state index contributed by atoms with van der Waals surface area (Å²) in [7, 11) is 1.66. The van der Waals surface area contributed by atoms with Crippen molar-refractivity contribution < 1.29 is 9.47 Å². The van der Waals surface area contributed by atoms with E-state index in [1.165, 1.54) is 32.4 Å². The molecule has 1 heterocycles. The molecule has 0 aromatic heterocycles. The second kappa shape index (κ2) is 7.36. The molecule has 0 unspecified atom stereocenters. The maximum absolute atomic E-state index is 5.82. The molecule has 1 aromatic carbocycles. The first-order valence-corrected chi connectivity index (χ1v) is 7.05. The van der Waals surface area contributed by atoms with Crippen LogP contribution in [0.15, 0.2) is 18.2 Å². The van der Waals surface area contributed by atoms with Crippen LogP contribution < -0.4 is 15.2 Å². The summed E-state index contributed by atoms with van der Waals surface area (Å²) in [5, 5.41) is 0. The summed E-state index contributed by atoms with van der Waals surface area (Å²) in [5.41, 5.74) is 6.67. The van der Waals surface area contributed by atoms with E-state index in [1.807, 2.05) is 18.2 Å². The molecule has 1 fully saturated rings. The minimum absolute atomic E-state index is 0.518. The summed E-state index contributed by atoms with van der Waals surface area (Å²) in [5.74, 6) is 1.57. The van der Waals surface area contributed by atoms with Gasteiger partial charge in [0, 0.05) is 13.1 Å². The van der Waals surface area contributed by atoms with Crippen LogP contribution in [0.5, 0.6) is 11.5 Å². The second-order valence-electron chi connectivity index (χ2n) is 4.94. The Kier molecular flexibility index (Phi) is 5.48. The molecule has 0 radical (unpaired) electrons. The van der Waals surface area contributed by atoms with Gasteiger partial charge in [-0.3, -0.25) is 4.90 Å². The molecule has 4 nitrogen and oxygen atoms in total. The van der Waals surface area contributed by atoms with Gasteiger partial charge in [0.25, 0.3) is 0 Å². The molecule has 2 rings (SSSR count). The van der Waals surface area contributed by atoms with Crippen molar-refractivity contribution in [1.82, 2.24) is 4.90 Å². The Balaban J connectivity index is 1.84. The monoisotopic (exact) mass is 264 g/mol. The van der Waals surface area contributed by atoms with Crippen LogP contribution in [-0.4, -0.2) is 38.3 Å². The van der Waals surface area contributed by atoms with Gasteiger partial charge in [-0.15, -0.1) is 0 Å². The average Bonchev–Trinajstić information content (AvgIpc) is 2.48. The van der Waals surface area contributed by atoms with Crippen LogP contribution in [0.1, 0.15) is 24.8 Å². The van der Waals surface area contributed by atoms with E-state index in [0.717, 1.165) is 23.6 Å². The van der Waals surface area contributed by atoms with E-state index >= 15 is 0 Å². The topological polar surface area (TPSA) is 47.7 Å². The van der Waals surface area contributed by atoms with Crippen molar-refractivity contribution >= 4 is 0 Å². The number of ether oxygens (including phenoxy) is 2. The highest BCUT2D eigenvalue weighted by molar-refractivity contribution is 5.42. The fourth-order valence-electron chi connectivity index (χ4n) is 2.43. The Morgan fingerprint density at radius 1 is 1.16 bits per heavy atom. The number of methoxy groups -OCH3 is 1. The second-order valence-corrected chi connectivity index (χ2v) is 4.94. The summed E-state index contributed by atoms with van der Waals surface area (Å²) in [4.78, 5) is 2.46. The largest absolute Gasteiger partial charge is 0.493 e. The third-order valence-corrected chi connectivity index (χ3v) is 3.58. The number of nitrogens with zero attached hydrogens (tertiary/aromatic N) is 1. The van der Waals surface area contributed by atoms with Crippen LogP contribution >= 0.6 is 0 Å². The lowest BCUT2D eigenvalue weighted by molar-refractivity contribution is 0.180. The maximum Gasteiger partial charge on any atom is 0.161 e. The molecule has 1 saturated heterocycles. The molecule has 4 heteroatoms. The van der Waals surface area contributed by atoms with Crippen molar-refractivity contribution in [2.75, 3.05) is 33.4 Å². The smallest absolute Gasteiger partial charge is 0.161 e. The number of nitrogens with two attached hydrogens (primary N) is 1. The normalized spacial score (nSPS) is 16.3. The zero-order chi connectivity index (χ0) is 13.5. The van der Waals surface area contributed by atoms with Crippen molar-refractivity contribution in [2.45, 2.75) is 25.8 Å². The van der Waals surface area contributed by atoms with Crippen molar-refractivity contribution in [3.05, 3.63) is 23.8 Å². The lowest BCUT2D eigenvalue weighted by Crippen LogP contribution is -2.33. The van der Waals surface area contributed by atoms with Crippen molar-refractivity contribution in [2.24, 2.45) is 5.73 Å². The summed E-state index contributed by atoms with van der Waals surface area (Å²) >= 11 is 0. The highest BCUT2D eigenvalue weighted by atomic mass is 16.5. The molecule has 0 spiro atoms. The first-order chi connectivity index (χ1) is 9.33. The van der Waals surface area contributed by atoms with Gasteiger partial charge in [-0.25, -0.2) is 0 Å². The third-order valence-electron chi connectivity index (χ3n) is 3.58. The zero-order valence-electron chi connectivity index (χ0n) is 11.7. The summed E-state index contributed by atoms with van der Waals surface area (Å²) < 4.78 is 11.2. The first-order valence-electron chi connectivity index (χ1n) is 7.05. The van der Waals surface area contributed by atoms with Crippen LogP contribution in [0.25, 0.3) is 0 Å². The van der Waals surface area contributed by atoms with E-state index in [2.05, 4.69) is 4.90 Å². The Labute approximate surface area is 115 Å². The van der Waals surface area contributed by atoms with Gasteiger partial charge in [0.15, 0.2) is 11.5 Å². The quantitative estimate of drug-likeness (QED) is 0.854. The Hall–Kier alpha value is -1.26. The molecule has 19 heavy (non-hydrogen) atoms. The standard InChI is InChI=1S/C15H24N2O2/c1-18-15-11-13(12-16)5-6-14(15)19-10-9-17-7-3-2-4-8-17/h5-6,11H,2-4,7-10,12,16H2,1H3. The number of benzene rings is 1. The van der Waals surface area contributed by atoms with Gasteiger partial charge < -0.3 is 15.2 Å². The molecule has 2 N–H and O–H groups in total. The number of hydrogen-bond donors (Lipinski definition) is 1. The lowest BCUT2D eigenvalue weighted by Gasteiger charge is -2.26. The van der Waals surface area contributed by atoms with E-state index in [4.69, 9.17) is 15.2 Å². The highest BCUT2D eigenvalue weighted by Gasteiger charge is 2.10. The van der Waals surface area contributed by atoms with E-state index in [1.54, 1.807) is 7.11 Å². The van der Waals surface area contributed by atoms with E-state index in [9.17, 15) is 0 Å². The molecular weight excluding hydrogens is 240 g/mol. The molecule has 1 aromatic rings. The SMILES string of the molecule is COc1cc(CN)ccc1OCCN1CCCCC1. The molecule has 106 valence electrons. The highest BCUT2D eigenvalue weighted by Crippen LogP contribution is 2.27. The average molecular weight is 264 g/mol. The number of hydrogen-bond acceptors (Lipinski definition) is 4. The van der Waals surface area contributed by atoms with E-state index in [0.29, 0.717) is 13.2 Å². The van der Waals surface area contributed by atoms with Gasteiger partial charge in [-0.1, -0.05) is 12.5 Å². The first kappa shape index (κ1) is 14.2. The van der Waals surface area contributed by atoms with E-state index in [-0.39, 0.29) is 0 Å². The van der Waals surface area contributed by atoms with Crippen LogP contribution in [-0.2, 0) is 6.54 Å². The molecule has 0 amide bonds. The predicted octanol–water partition coefficient (Wildman–Crippen LogP) is 2.02. The van der Waals surface area contributed by atoms with Crippen LogP contribution in [0.4, 0.5) is 0 Å². The Morgan fingerprint density at radius 2 is 1.95 bits per heavy atom. The summed E-state index contributed by atoms with van der Waals surface area (Å²) in [6.07, 6.45) is 3.99. The fourth-order valence-corrected chi connectivity index (χ4v) is 2.43. The van der Waals surface area contributed by atoms with Crippen LogP contribution in [0.3, 0.4) is 0 Å². The Bertz CT molecular complexity index is 390. The van der Waals surface area contributed by atoms with Gasteiger partial charge in [0.2, 0.25) is 0 Å². The van der Waals surface area contributed by atoms with Gasteiger partial charge in [-0.05, 0) is 43.6 Å². The number of rotatable bonds is 6. The Morgan fingerprint density at radius 3 is 2.63 bits per heavy atom. The fraction of sp³-hybridized carbons (Fsp3) is 0.600. The van der Waals surface area contributed by atoms with Gasteiger partial charge in [-0.2, -0.15) is 0 Å². The van der Waals surface area contributed by atoms with Crippen molar-refractivity contribution in [3.63, 3.8) is 0 Å². The van der Waals surface area contributed by atoms with Crippen molar-refractivity contribution in [3.8, 4) is 11.5 Å². The molecule has 0 saturated carbocycles. The molecule has 1 aliphatic heterocycles. The van der Waals surface area contributed by atoms with Crippen molar-refractivity contribution in [1.29, 1.82) is 0 Å². The molecule has 0 bridgehead atoms. The minimum atomic E-state index is 0.518. The van der Waals surface area contributed by atoms with Crippen LogP contribution in [0.2, 0.25) is 0 Å².